The lowest BCUT2D eigenvalue weighted by Gasteiger charge is -2.19. The summed E-state index contributed by atoms with van der Waals surface area (Å²) in [6.07, 6.45) is 2.20. The predicted octanol–water partition coefficient (Wildman–Crippen LogP) is 4.40. The number of hydrogen-bond donors (Lipinski definition) is 1. The van der Waals surface area contributed by atoms with Crippen molar-refractivity contribution in [3.63, 3.8) is 0 Å². The zero-order valence-electron chi connectivity index (χ0n) is 11.5. The first-order chi connectivity index (χ1) is 8.52. The lowest BCUT2D eigenvalue weighted by atomic mass is 9.91. The highest BCUT2D eigenvalue weighted by Gasteiger charge is 2.12. The van der Waals surface area contributed by atoms with Crippen LogP contribution in [0.5, 0.6) is 0 Å². The van der Waals surface area contributed by atoms with Crippen LogP contribution < -0.4 is 5.32 Å². The quantitative estimate of drug-likeness (QED) is 0.786. The fourth-order valence-corrected chi connectivity index (χ4v) is 2.68. The summed E-state index contributed by atoms with van der Waals surface area (Å²) >= 11 is 3.25. The molecule has 0 aliphatic heterocycles. The molecule has 3 heteroatoms. The Morgan fingerprint density at radius 3 is 2.61 bits per heavy atom. The van der Waals surface area contributed by atoms with Gasteiger partial charge in [0.15, 0.2) is 0 Å². The molecule has 1 aromatic rings. The minimum atomic E-state index is -0.189. The van der Waals surface area contributed by atoms with Crippen molar-refractivity contribution in [3.05, 3.63) is 34.1 Å². The Morgan fingerprint density at radius 2 is 2.06 bits per heavy atom. The van der Waals surface area contributed by atoms with E-state index in [1.54, 1.807) is 6.07 Å². The van der Waals surface area contributed by atoms with Crippen molar-refractivity contribution in [3.8, 4) is 0 Å². The molecule has 0 amide bonds. The van der Waals surface area contributed by atoms with Crippen molar-refractivity contribution in [1.82, 2.24) is 5.32 Å². The van der Waals surface area contributed by atoms with Crippen LogP contribution in [0.1, 0.15) is 32.8 Å². The van der Waals surface area contributed by atoms with Crippen LogP contribution in [0, 0.1) is 17.7 Å². The largest absolute Gasteiger partial charge is 0.317 e. The summed E-state index contributed by atoms with van der Waals surface area (Å²) in [6.45, 7) is 8.66. The monoisotopic (exact) mass is 315 g/mol. The topological polar surface area (TPSA) is 12.0 Å². The molecule has 1 nitrogen and oxygen atoms in total. The van der Waals surface area contributed by atoms with Crippen LogP contribution in [0.15, 0.2) is 22.7 Å². The third-order valence-corrected chi connectivity index (χ3v) is 3.60. The molecule has 0 fully saturated rings. The minimum absolute atomic E-state index is 0.189. The van der Waals surface area contributed by atoms with Crippen LogP contribution in [0.2, 0.25) is 0 Å². The van der Waals surface area contributed by atoms with Gasteiger partial charge in [0.2, 0.25) is 0 Å². The van der Waals surface area contributed by atoms with Crippen LogP contribution >= 0.6 is 15.9 Å². The van der Waals surface area contributed by atoms with Gasteiger partial charge in [0.25, 0.3) is 0 Å². The van der Waals surface area contributed by atoms with Gasteiger partial charge in [0.1, 0.15) is 5.82 Å². The van der Waals surface area contributed by atoms with E-state index in [2.05, 4.69) is 42.0 Å². The molecule has 0 saturated carbocycles. The molecule has 0 aliphatic carbocycles. The van der Waals surface area contributed by atoms with Crippen molar-refractivity contribution in [2.24, 2.45) is 11.8 Å². The Balaban J connectivity index is 2.65. The van der Waals surface area contributed by atoms with Gasteiger partial charge in [-0.3, -0.25) is 0 Å². The number of rotatable bonds is 7. The van der Waals surface area contributed by atoms with Gasteiger partial charge in [0.05, 0.1) is 4.47 Å². The number of benzene rings is 1. The van der Waals surface area contributed by atoms with E-state index < -0.39 is 0 Å². The fraction of sp³-hybridized carbons (Fsp3) is 0.600. The van der Waals surface area contributed by atoms with Crippen LogP contribution in [-0.2, 0) is 6.42 Å². The molecule has 18 heavy (non-hydrogen) atoms. The van der Waals surface area contributed by atoms with Gasteiger partial charge < -0.3 is 5.32 Å². The second kappa shape index (κ2) is 7.90. The van der Waals surface area contributed by atoms with E-state index in [0.717, 1.165) is 19.5 Å². The van der Waals surface area contributed by atoms with E-state index >= 15 is 0 Å². The first-order valence-corrected chi connectivity index (χ1v) is 7.46. The Labute approximate surface area is 118 Å². The van der Waals surface area contributed by atoms with E-state index in [0.29, 0.717) is 16.3 Å². The van der Waals surface area contributed by atoms with Gasteiger partial charge in [-0.05, 0) is 71.4 Å². The van der Waals surface area contributed by atoms with Crippen molar-refractivity contribution in [2.45, 2.75) is 33.6 Å². The van der Waals surface area contributed by atoms with E-state index in [1.165, 1.54) is 12.0 Å². The minimum Gasteiger partial charge on any atom is -0.317 e. The zero-order chi connectivity index (χ0) is 13.5. The van der Waals surface area contributed by atoms with Crippen molar-refractivity contribution < 1.29 is 4.39 Å². The normalized spacial score (nSPS) is 13.0. The first kappa shape index (κ1) is 15.6. The molecule has 0 saturated heterocycles. The summed E-state index contributed by atoms with van der Waals surface area (Å²) in [5.41, 5.74) is 1.20. The highest BCUT2D eigenvalue weighted by atomic mass is 79.9. The van der Waals surface area contributed by atoms with Crippen molar-refractivity contribution in [2.75, 3.05) is 13.1 Å². The van der Waals surface area contributed by atoms with Gasteiger partial charge in [0, 0.05) is 0 Å². The number of nitrogens with one attached hydrogen (secondary N) is 1. The molecular formula is C15H23BrFN. The molecule has 102 valence electrons. The van der Waals surface area contributed by atoms with E-state index in [1.807, 2.05) is 12.1 Å². The molecule has 0 bridgehead atoms. The molecule has 0 heterocycles. The smallest absolute Gasteiger partial charge is 0.137 e. The SMILES string of the molecule is CCNCC(Cc1ccc(F)c(Br)c1)CC(C)C. The van der Waals surface area contributed by atoms with Crippen molar-refractivity contribution in [1.29, 1.82) is 0 Å². The average Bonchev–Trinajstić information content (AvgIpc) is 2.30. The highest BCUT2D eigenvalue weighted by Crippen LogP contribution is 2.21. The molecule has 1 unspecified atom stereocenters. The Morgan fingerprint density at radius 1 is 1.33 bits per heavy atom. The molecule has 0 aromatic heterocycles. The summed E-state index contributed by atoms with van der Waals surface area (Å²) in [6, 6.07) is 5.33. The number of halogens is 2. The molecule has 1 rings (SSSR count). The fourth-order valence-electron chi connectivity index (χ4n) is 2.25. The first-order valence-electron chi connectivity index (χ1n) is 6.67. The Hall–Kier alpha value is -0.410. The summed E-state index contributed by atoms with van der Waals surface area (Å²) in [5.74, 6) is 1.12. The van der Waals surface area contributed by atoms with E-state index in [-0.39, 0.29) is 5.82 Å². The lowest BCUT2D eigenvalue weighted by molar-refractivity contribution is 0.388. The molecule has 0 spiro atoms. The van der Waals surface area contributed by atoms with Crippen LogP contribution in [0.3, 0.4) is 0 Å². The van der Waals surface area contributed by atoms with Gasteiger partial charge in [-0.2, -0.15) is 0 Å². The molecule has 1 atom stereocenters. The van der Waals surface area contributed by atoms with Crippen LogP contribution in [0.25, 0.3) is 0 Å². The zero-order valence-corrected chi connectivity index (χ0v) is 13.1. The van der Waals surface area contributed by atoms with E-state index in [9.17, 15) is 4.39 Å². The summed E-state index contributed by atoms with van der Waals surface area (Å²) < 4.78 is 13.8. The highest BCUT2D eigenvalue weighted by molar-refractivity contribution is 9.10. The van der Waals surface area contributed by atoms with Crippen LogP contribution in [-0.4, -0.2) is 13.1 Å². The molecule has 1 N–H and O–H groups in total. The van der Waals surface area contributed by atoms with Crippen molar-refractivity contribution >= 4 is 15.9 Å². The Bertz CT molecular complexity index is 366. The standard InChI is InChI=1S/C15H23BrFN/c1-4-18-10-13(7-11(2)3)8-12-5-6-15(17)14(16)9-12/h5-6,9,11,13,18H,4,7-8,10H2,1-3H3. The third-order valence-electron chi connectivity index (χ3n) is 3.00. The van der Waals surface area contributed by atoms with Gasteiger partial charge in [-0.25, -0.2) is 4.39 Å². The summed E-state index contributed by atoms with van der Waals surface area (Å²) in [5, 5.41) is 3.41. The van der Waals surface area contributed by atoms with Gasteiger partial charge in [-0.15, -0.1) is 0 Å². The number of hydrogen-bond acceptors (Lipinski definition) is 1. The lowest BCUT2D eigenvalue weighted by Crippen LogP contribution is -2.25. The molecule has 1 aromatic carbocycles. The maximum absolute atomic E-state index is 13.2. The second-order valence-electron chi connectivity index (χ2n) is 5.26. The molecule has 0 radical (unpaired) electrons. The molecular weight excluding hydrogens is 293 g/mol. The average molecular weight is 316 g/mol. The maximum atomic E-state index is 13.2. The molecule has 0 aliphatic rings. The summed E-state index contributed by atoms with van der Waals surface area (Å²) in [4.78, 5) is 0. The maximum Gasteiger partial charge on any atom is 0.137 e. The third kappa shape index (κ3) is 5.49. The summed E-state index contributed by atoms with van der Waals surface area (Å²) in [7, 11) is 0. The van der Waals surface area contributed by atoms with Crippen LogP contribution in [0.4, 0.5) is 4.39 Å². The predicted molar refractivity (Wildman–Crippen MR) is 79.3 cm³/mol. The van der Waals surface area contributed by atoms with Gasteiger partial charge in [-0.1, -0.05) is 26.8 Å². The second-order valence-corrected chi connectivity index (χ2v) is 6.11. The van der Waals surface area contributed by atoms with Gasteiger partial charge >= 0.3 is 0 Å². The van der Waals surface area contributed by atoms with E-state index in [4.69, 9.17) is 0 Å². The Kier molecular flexibility index (Phi) is 6.87.